The number of aromatic hydroxyl groups is 3. The van der Waals surface area contributed by atoms with Gasteiger partial charge in [0.1, 0.15) is 0 Å². The van der Waals surface area contributed by atoms with Gasteiger partial charge in [-0.05, 0) is 0 Å². The van der Waals surface area contributed by atoms with Gasteiger partial charge in [-0.15, -0.1) is 0 Å². The van der Waals surface area contributed by atoms with Crippen molar-refractivity contribution in [3.05, 3.63) is 127 Å². The van der Waals surface area contributed by atoms with Crippen LogP contribution in [-0.4, -0.2) is 59.6 Å². The number of benzene rings is 3. The second-order valence-corrected chi connectivity index (χ2v) is 7.81. The van der Waals surface area contributed by atoms with E-state index in [2.05, 4.69) is 0 Å². The first-order chi connectivity index (χ1) is 22.0. The van der Waals surface area contributed by atoms with Crippen LogP contribution in [0.3, 0.4) is 0 Å². The Morgan fingerprint density at radius 3 is 0.510 bits per heavy atom. The first kappa shape index (κ1) is 41.2. The molecule has 0 radical (unpaired) electrons. The molecule has 3 N–H and O–H groups in total. The number of hydrogen-bond donors (Lipinski definition) is 3. The normalized spacial score (nSPS) is 9.55. The van der Waals surface area contributed by atoms with Gasteiger partial charge in [-0.2, -0.15) is 0 Å². The van der Waals surface area contributed by atoms with Gasteiger partial charge in [0.05, 0.1) is 80.7 Å². The van der Waals surface area contributed by atoms with Crippen molar-refractivity contribution >= 4 is 51.2 Å². The van der Waals surface area contributed by atoms with E-state index >= 15 is 0 Å². The summed E-state index contributed by atoms with van der Waals surface area (Å²) in [6, 6.07) is 2.68. The molecule has 0 atom stereocenters. The number of rotatable bonds is 9. The number of non-ortho nitro benzene ring substituents is 3. The fourth-order valence-electron chi connectivity index (χ4n) is 2.92. The van der Waals surface area contributed by atoms with Crippen molar-refractivity contribution in [3.8, 4) is 17.2 Å². The van der Waals surface area contributed by atoms with E-state index in [4.69, 9.17) is 15.3 Å². The number of hydrogen-bond acceptors (Lipinski definition) is 21. The van der Waals surface area contributed by atoms with Crippen molar-refractivity contribution in [2.45, 2.75) is 0 Å². The minimum atomic E-state index is -1.21. The summed E-state index contributed by atoms with van der Waals surface area (Å²) in [4.78, 5) is 83.3. The van der Waals surface area contributed by atoms with Crippen molar-refractivity contribution in [2.75, 3.05) is 0 Å². The van der Waals surface area contributed by atoms with Crippen LogP contribution in [0.4, 0.5) is 51.2 Å². The van der Waals surface area contributed by atoms with E-state index in [-0.39, 0.29) is 17.1 Å². The van der Waals surface area contributed by atoms with Gasteiger partial charge in [0.25, 0.3) is 34.3 Å². The minimum absolute atomic E-state index is 0. The molecule has 0 bridgehead atoms. The largest absolute Gasteiger partial charge is 0.497 e. The predicted molar refractivity (Wildman–Crippen MR) is 144 cm³/mol. The maximum atomic E-state index is 10.4. The summed E-state index contributed by atoms with van der Waals surface area (Å²) in [7, 11) is 0. The van der Waals surface area contributed by atoms with Crippen LogP contribution in [0, 0.1) is 91.0 Å². The molecule has 0 aliphatic rings. The van der Waals surface area contributed by atoms with E-state index in [0.717, 1.165) is 0 Å². The van der Waals surface area contributed by atoms with Crippen molar-refractivity contribution < 1.29 is 76.7 Å². The van der Waals surface area contributed by atoms with Gasteiger partial charge in [-0.3, -0.25) is 91.0 Å². The number of nitro benzene ring substituents is 9. The summed E-state index contributed by atoms with van der Waals surface area (Å²) in [5.74, 6) is -3.62. The molecule has 30 nitrogen and oxygen atoms in total. The fourth-order valence-corrected chi connectivity index (χ4v) is 2.92. The van der Waals surface area contributed by atoms with Crippen molar-refractivity contribution in [1.29, 1.82) is 0 Å². The number of phenols is 3. The summed E-state index contributed by atoms with van der Waals surface area (Å²) in [5.41, 5.74) is -9.01. The molecule has 0 aliphatic heterocycles. The Hall–Kier alpha value is -7.82. The van der Waals surface area contributed by atoms with Crippen LogP contribution >= 0.6 is 0 Å². The Morgan fingerprint density at radius 1 is 0.306 bits per heavy atom. The Labute approximate surface area is 272 Å². The third kappa shape index (κ3) is 10.1. The molecule has 0 amide bonds. The van der Waals surface area contributed by atoms with Gasteiger partial charge in [-0.25, -0.2) is 0 Å². The van der Waals surface area contributed by atoms with Crippen molar-refractivity contribution in [3.63, 3.8) is 0 Å². The average molecular weight is 743 g/mol. The molecule has 0 heterocycles. The SMILES string of the molecule is O=[N+]([O-])c1cc([N+](=O)[O-])c(O)c([N+](=O)[O-])c1.O=[N+]([O-])c1cc([N+](=O)[O-])c(O)c([N+](=O)[O-])c1.O=[N+]([O-])c1cc([N+](=O)[O-])c(O)c([N+](=O)[O-])c1.[Fe]. The summed E-state index contributed by atoms with van der Waals surface area (Å²) < 4.78 is 0. The third-order valence-corrected chi connectivity index (χ3v) is 4.98. The second-order valence-electron chi connectivity index (χ2n) is 7.81. The van der Waals surface area contributed by atoms with E-state index in [0.29, 0.717) is 36.4 Å². The first-order valence-corrected chi connectivity index (χ1v) is 10.9. The summed E-state index contributed by atoms with van der Waals surface area (Å²) >= 11 is 0. The van der Waals surface area contributed by atoms with E-state index in [1.807, 2.05) is 0 Å². The van der Waals surface area contributed by atoms with Gasteiger partial charge in [0.2, 0.25) is 0 Å². The first-order valence-electron chi connectivity index (χ1n) is 10.9. The Kier molecular flexibility index (Phi) is 13.8. The molecule has 0 saturated carbocycles. The van der Waals surface area contributed by atoms with Gasteiger partial charge in [0, 0.05) is 17.1 Å². The van der Waals surface area contributed by atoms with Crippen molar-refractivity contribution in [1.82, 2.24) is 0 Å². The van der Waals surface area contributed by atoms with Crippen LogP contribution in [-0.2, 0) is 17.1 Å². The molecule has 0 aliphatic carbocycles. The minimum Gasteiger partial charge on any atom is -0.497 e. The maximum Gasteiger partial charge on any atom is 0.324 e. The molecule has 0 fully saturated rings. The quantitative estimate of drug-likeness (QED) is 0.161. The molecule has 260 valence electrons. The van der Waals surface area contributed by atoms with E-state index in [1.54, 1.807) is 0 Å². The van der Waals surface area contributed by atoms with Gasteiger partial charge in [0.15, 0.2) is 0 Å². The van der Waals surface area contributed by atoms with Crippen LogP contribution in [0.1, 0.15) is 0 Å². The predicted octanol–water partition coefficient (Wildman–Crippen LogP) is 3.35. The fraction of sp³-hybridized carbons (Fsp3) is 0. The third-order valence-electron chi connectivity index (χ3n) is 4.98. The Bertz CT molecular complexity index is 1610. The van der Waals surface area contributed by atoms with E-state index < -0.39 is 113 Å². The molecule has 0 unspecified atom stereocenters. The Balaban J connectivity index is 0.000000698. The zero-order valence-electron chi connectivity index (χ0n) is 22.5. The topological polar surface area (TPSA) is 449 Å². The average Bonchev–Trinajstić information content (AvgIpc) is 2.96. The number of nitrogens with zero attached hydrogens (tertiary/aromatic N) is 9. The summed E-state index contributed by atoms with van der Waals surface area (Å²) in [5, 5.41) is 121. The molecule has 0 spiro atoms. The van der Waals surface area contributed by atoms with E-state index in [1.165, 1.54) is 0 Å². The number of phenolic OH excluding ortho intramolecular Hbond substituents is 3. The van der Waals surface area contributed by atoms with Gasteiger partial charge in [-0.1, -0.05) is 0 Å². The molecule has 3 rings (SSSR count). The van der Waals surface area contributed by atoms with Crippen LogP contribution in [0.25, 0.3) is 0 Å². The van der Waals surface area contributed by atoms with Crippen LogP contribution in [0.15, 0.2) is 36.4 Å². The molecule has 0 saturated heterocycles. The van der Waals surface area contributed by atoms with Crippen LogP contribution in [0.2, 0.25) is 0 Å². The zero-order chi connectivity index (χ0) is 37.4. The second kappa shape index (κ2) is 16.5. The molecule has 0 aromatic heterocycles. The van der Waals surface area contributed by atoms with Gasteiger partial charge >= 0.3 is 34.1 Å². The molecule has 49 heavy (non-hydrogen) atoms. The maximum absolute atomic E-state index is 10.4. The Morgan fingerprint density at radius 2 is 0.429 bits per heavy atom. The summed E-state index contributed by atoms with van der Waals surface area (Å²) in [6.45, 7) is 0. The standard InChI is InChI=1S/3C6H3N3O7.Fe/c3*10-6-4(8(13)14)1-3(7(11)12)2-5(6)9(15)16;/h3*1-2,10H;. The molecule has 3 aromatic rings. The molecule has 31 heteroatoms. The summed E-state index contributed by atoms with van der Waals surface area (Å²) in [6.07, 6.45) is 0. The van der Waals surface area contributed by atoms with Crippen molar-refractivity contribution in [2.24, 2.45) is 0 Å². The monoisotopic (exact) mass is 743 g/mol. The molecule has 3 aromatic carbocycles. The van der Waals surface area contributed by atoms with Crippen LogP contribution in [0.5, 0.6) is 17.2 Å². The van der Waals surface area contributed by atoms with Gasteiger partial charge < -0.3 is 15.3 Å². The molecular weight excluding hydrogens is 734 g/mol. The smallest absolute Gasteiger partial charge is 0.324 e. The van der Waals surface area contributed by atoms with Crippen LogP contribution < -0.4 is 0 Å². The number of nitro groups is 9. The van der Waals surface area contributed by atoms with E-state index in [9.17, 15) is 91.0 Å². The zero-order valence-corrected chi connectivity index (χ0v) is 23.6. The molecular formula is C18H9FeN9O21.